The van der Waals surface area contributed by atoms with Crippen LogP contribution in [0.4, 0.5) is 5.69 Å². The Morgan fingerprint density at radius 1 is 1.11 bits per heavy atom. The molecule has 142 valence electrons. The van der Waals surface area contributed by atoms with E-state index in [-0.39, 0.29) is 17.4 Å². The third-order valence-electron chi connectivity index (χ3n) is 5.86. The van der Waals surface area contributed by atoms with Crippen LogP contribution in [0.5, 0.6) is 0 Å². The maximum Gasteiger partial charge on any atom is 0.253 e. The lowest BCUT2D eigenvalue weighted by Crippen LogP contribution is -2.64. The topological polar surface area (TPSA) is 67.7 Å². The Morgan fingerprint density at radius 2 is 1.89 bits per heavy atom. The van der Waals surface area contributed by atoms with Gasteiger partial charge in [0.15, 0.2) is 0 Å². The summed E-state index contributed by atoms with van der Waals surface area (Å²) < 4.78 is 0. The molecule has 2 fully saturated rings. The zero-order valence-corrected chi connectivity index (χ0v) is 15.8. The first kappa shape index (κ1) is 18.2. The normalized spacial score (nSPS) is 22.5. The number of amides is 2. The summed E-state index contributed by atoms with van der Waals surface area (Å²) in [4.78, 5) is 31.4. The van der Waals surface area contributed by atoms with Gasteiger partial charge in [0.25, 0.3) is 5.91 Å². The van der Waals surface area contributed by atoms with Crippen molar-refractivity contribution in [2.24, 2.45) is 0 Å². The second kappa shape index (κ2) is 7.10. The van der Waals surface area contributed by atoms with E-state index >= 15 is 0 Å². The molecule has 4 rings (SSSR count). The highest BCUT2D eigenvalue weighted by molar-refractivity contribution is 5.97. The lowest BCUT2D eigenvalue weighted by atomic mass is 9.92. The molecule has 2 aromatic rings. The van der Waals surface area contributed by atoms with Gasteiger partial charge in [0.05, 0.1) is 23.7 Å². The maximum absolute atomic E-state index is 13.0. The Morgan fingerprint density at radius 3 is 2.64 bits per heavy atom. The van der Waals surface area contributed by atoms with Gasteiger partial charge in [-0.2, -0.15) is 5.26 Å². The number of anilines is 1. The Labute approximate surface area is 164 Å². The number of likely N-dealkylation sites (tertiary alicyclic amines) is 1. The predicted octanol–water partition coefficient (Wildman–Crippen LogP) is 2.12. The largest absolute Gasteiger partial charge is 0.337 e. The molecule has 0 aromatic heterocycles. The quantitative estimate of drug-likeness (QED) is 0.808. The summed E-state index contributed by atoms with van der Waals surface area (Å²) in [6, 6.07) is 18.6. The first-order valence-corrected chi connectivity index (χ1v) is 9.38. The van der Waals surface area contributed by atoms with Gasteiger partial charge in [-0.1, -0.05) is 24.3 Å². The van der Waals surface area contributed by atoms with E-state index in [1.807, 2.05) is 47.2 Å². The van der Waals surface area contributed by atoms with Crippen LogP contribution in [0.2, 0.25) is 0 Å². The van der Waals surface area contributed by atoms with E-state index in [1.54, 1.807) is 24.3 Å². The lowest BCUT2D eigenvalue weighted by Gasteiger charge is -2.46. The molecule has 2 heterocycles. The van der Waals surface area contributed by atoms with Crippen molar-refractivity contribution >= 4 is 17.5 Å². The van der Waals surface area contributed by atoms with Gasteiger partial charge in [0.1, 0.15) is 0 Å². The van der Waals surface area contributed by atoms with Crippen molar-refractivity contribution in [1.82, 2.24) is 9.80 Å². The number of rotatable bonds is 2. The molecule has 0 bridgehead atoms. The van der Waals surface area contributed by atoms with Gasteiger partial charge < -0.3 is 9.80 Å². The number of likely N-dealkylation sites (N-methyl/N-ethyl adjacent to an activating group) is 1. The van der Waals surface area contributed by atoms with E-state index in [1.165, 1.54) is 0 Å². The second-order valence-corrected chi connectivity index (χ2v) is 7.57. The molecule has 1 atom stereocenters. The Kier molecular flexibility index (Phi) is 4.62. The van der Waals surface area contributed by atoms with Crippen LogP contribution in [-0.4, -0.2) is 60.4 Å². The van der Waals surface area contributed by atoms with Gasteiger partial charge in [-0.25, -0.2) is 0 Å². The van der Waals surface area contributed by atoms with E-state index in [0.717, 1.165) is 12.1 Å². The molecule has 2 aliphatic heterocycles. The highest BCUT2D eigenvalue weighted by atomic mass is 16.2. The van der Waals surface area contributed by atoms with Crippen LogP contribution < -0.4 is 4.90 Å². The number of carbonyl (C=O) groups excluding carboxylic acids is 2. The van der Waals surface area contributed by atoms with Gasteiger partial charge >= 0.3 is 0 Å². The molecule has 2 aromatic carbocycles. The van der Waals surface area contributed by atoms with Crippen LogP contribution >= 0.6 is 0 Å². The van der Waals surface area contributed by atoms with Gasteiger partial charge in [-0.15, -0.1) is 0 Å². The Bertz CT molecular complexity index is 953. The van der Waals surface area contributed by atoms with Crippen molar-refractivity contribution < 1.29 is 9.59 Å². The van der Waals surface area contributed by atoms with Crippen molar-refractivity contribution in [2.45, 2.75) is 12.0 Å². The number of benzene rings is 2. The molecular formula is C22H22N4O2. The highest BCUT2D eigenvalue weighted by Crippen LogP contribution is 2.34. The molecular weight excluding hydrogens is 352 g/mol. The monoisotopic (exact) mass is 374 g/mol. The van der Waals surface area contributed by atoms with Crippen LogP contribution in [0.3, 0.4) is 0 Å². The van der Waals surface area contributed by atoms with E-state index in [4.69, 9.17) is 5.26 Å². The summed E-state index contributed by atoms with van der Waals surface area (Å²) in [5.74, 6) is 0.0105. The lowest BCUT2D eigenvalue weighted by molar-refractivity contribution is -0.123. The average Bonchev–Trinajstić information content (AvgIpc) is 3.16. The van der Waals surface area contributed by atoms with Gasteiger partial charge in [-0.05, 0) is 43.8 Å². The molecule has 6 heteroatoms. The predicted molar refractivity (Wildman–Crippen MR) is 106 cm³/mol. The first-order valence-electron chi connectivity index (χ1n) is 9.38. The number of nitrogens with zero attached hydrogens (tertiary/aromatic N) is 4. The molecule has 0 N–H and O–H groups in total. The number of hydrogen-bond donors (Lipinski definition) is 0. The number of hydrogen-bond acceptors (Lipinski definition) is 4. The van der Waals surface area contributed by atoms with Crippen LogP contribution in [0.25, 0.3) is 0 Å². The van der Waals surface area contributed by atoms with E-state index in [2.05, 4.69) is 11.0 Å². The van der Waals surface area contributed by atoms with Crippen molar-refractivity contribution in [3.05, 3.63) is 65.7 Å². The summed E-state index contributed by atoms with van der Waals surface area (Å²) in [7, 11) is 1.96. The van der Waals surface area contributed by atoms with Crippen molar-refractivity contribution in [1.29, 1.82) is 5.26 Å². The minimum atomic E-state index is -0.258. The smallest absolute Gasteiger partial charge is 0.253 e. The third kappa shape index (κ3) is 3.14. The van der Waals surface area contributed by atoms with Gasteiger partial charge in [0.2, 0.25) is 5.91 Å². The number of piperazine rings is 1. The maximum atomic E-state index is 13.0. The fourth-order valence-electron chi connectivity index (χ4n) is 4.18. The number of para-hydroxylation sites is 1. The van der Waals surface area contributed by atoms with E-state index in [9.17, 15) is 9.59 Å². The average molecular weight is 374 g/mol. The zero-order chi connectivity index (χ0) is 19.7. The van der Waals surface area contributed by atoms with Gasteiger partial charge in [0, 0.05) is 30.9 Å². The highest BCUT2D eigenvalue weighted by Gasteiger charge is 2.48. The van der Waals surface area contributed by atoms with E-state index in [0.29, 0.717) is 37.3 Å². The molecule has 0 radical (unpaired) electrons. The Hall–Kier alpha value is -3.17. The van der Waals surface area contributed by atoms with E-state index < -0.39 is 0 Å². The van der Waals surface area contributed by atoms with Crippen LogP contribution in [0.15, 0.2) is 54.6 Å². The molecule has 2 aliphatic rings. The second-order valence-electron chi connectivity index (χ2n) is 7.57. The minimum absolute atomic E-state index is 0.0643. The molecule has 28 heavy (non-hydrogen) atoms. The summed E-state index contributed by atoms with van der Waals surface area (Å²) in [6.45, 7) is 2.10. The molecule has 6 nitrogen and oxygen atoms in total. The molecule has 2 saturated heterocycles. The molecule has 0 unspecified atom stereocenters. The summed E-state index contributed by atoms with van der Waals surface area (Å²) in [6.07, 6.45) is 0.809. The van der Waals surface area contributed by atoms with Crippen molar-refractivity contribution in [2.75, 3.05) is 38.1 Å². The van der Waals surface area contributed by atoms with Crippen molar-refractivity contribution in [3.8, 4) is 6.07 Å². The standard InChI is InChI=1S/C22H22N4O2/c1-24-14-20(27)26(19-8-3-2-4-9-19)16-22(24)10-11-25(15-22)21(28)18-7-5-6-17(12-18)13-23/h2-9,12H,10-11,14-16H2,1H3/t22-/m1/s1. The van der Waals surface area contributed by atoms with Crippen LogP contribution in [0, 0.1) is 11.3 Å². The first-order chi connectivity index (χ1) is 13.5. The van der Waals surface area contributed by atoms with Crippen molar-refractivity contribution in [3.63, 3.8) is 0 Å². The molecule has 1 spiro atoms. The molecule has 2 amide bonds. The minimum Gasteiger partial charge on any atom is -0.337 e. The molecule has 0 aliphatic carbocycles. The SMILES string of the molecule is CN1CC(=O)N(c2ccccc2)C[C@]12CCN(C(=O)c1cccc(C#N)c1)C2. The summed E-state index contributed by atoms with van der Waals surface area (Å²) in [5.41, 5.74) is 1.65. The summed E-state index contributed by atoms with van der Waals surface area (Å²) >= 11 is 0. The van der Waals surface area contributed by atoms with Crippen LogP contribution in [-0.2, 0) is 4.79 Å². The van der Waals surface area contributed by atoms with Gasteiger partial charge in [-0.3, -0.25) is 14.5 Å². The fraction of sp³-hybridized carbons (Fsp3) is 0.318. The number of nitriles is 1. The number of carbonyl (C=O) groups is 2. The fourth-order valence-corrected chi connectivity index (χ4v) is 4.18. The Balaban J connectivity index is 1.56. The third-order valence-corrected chi connectivity index (χ3v) is 5.86. The van der Waals surface area contributed by atoms with Crippen LogP contribution in [0.1, 0.15) is 22.3 Å². The summed E-state index contributed by atoms with van der Waals surface area (Å²) in [5, 5.41) is 9.09. The zero-order valence-electron chi connectivity index (χ0n) is 15.8. The molecule has 0 saturated carbocycles.